The summed E-state index contributed by atoms with van der Waals surface area (Å²) in [6.45, 7) is 6.48. The van der Waals surface area contributed by atoms with Crippen LogP contribution in [0.4, 0.5) is 0 Å². The highest BCUT2D eigenvalue weighted by Gasteiger charge is 2.18. The molecule has 1 heterocycles. The summed E-state index contributed by atoms with van der Waals surface area (Å²) in [5, 5.41) is 0. The Balaban J connectivity index is 0. The summed E-state index contributed by atoms with van der Waals surface area (Å²) in [7, 11) is 0. The van der Waals surface area contributed by atoms with Gasteiger partial charge < -0.3 is 10.6 Å². The monoisotopic (exact) mass is 188 g/mol. The van der Waals surface area contributed by atoms with Gasteiger partial charge in [-0.3, -0.25) is 4.79 Å². The Bertz CT molecular complexity index is 126. The van der Waals surface area contributed by atoms with Crippen molar-refractivity contribution in [3.63, 3.8) is 0 Å². The van der Waals surface area contributed by atoms with E-state index in [9.17, 15) is 4.79 Å². The topological polar surface area (TPSA) is 46.3 Å². The van der Waals surface area contributed by atoms with Gasteiger partial charge in [0.15, 0.2) is 0 Å². The molecule has 0 aromatic heterocycles. The minimum absolute atomic E-state index is 0. The molecule has 1 saturated heterocycles. The first-order valence-electron chi connectivity index (χ1n) is 4.82. The first kappa shape index (κ1) is 14.9. The van der Waals surface area contributed by atoms with Crippen molar-refractivity contribution in [3.05, 3.63) is 0 Å². The molecule has 0 aliphatic carbocycles. The van der Waals surface area contributed by atoms with Crippen molar-refractivity contribution in [1.29, 1.82) is 0 Å². The standard InChI is InChI=1S/C7H14N2O.C2H6.CH4/c8-4-2-6-9-5-1-3-7(9)10;1-2;/h1-6,8H2;1-2H3;1H4. The van der Waals surface area contributed by atoms with Crippen molar-refractivity contribution >= 4 is 5.91 Å². The van der Waals surface area contributed by atoms with Crippen molar-refractivity contribution in [2.45, 2.75) is 40.5 Å². The zero-order valence-corrected chi connectivity index (χ0v) is 8.18. The molecule has 1 aliphatic heterocycles. The Morgan fingerprint density at radius 2 is 2.08 bits per heavy atom. The summed E-state index contributed by atoms with van der Waals surface area (Å²) >= 11 is 0. The fourth-order valence-electron chi connectivity index (χ4n) is 1.22. The summed E-state index contributed by atoms with van der Waals surface area (Å²) in [5.74, 6) is 0.299. The molecule has 13 heavy (non-hydrogen) atoms. The number of hydrogen-bond acceptors (Lipinski definition) is 2. The number of hydrogen-bond donors (Lipinski definition) is 1. The quantitative estimate of drug-likeness (QED) is 0.731. The number of rotatable bonds is 3. The molecule has 0 saturated carbocycles. The summed E-state index contributed by atoms with van der Waals surface area (Å²) < 4.78 is 0. The molecular formula is C10H24N2O. The van der Waals surface area contributed by atoms with Crippen LogP contribution in [0.2, 0.25) is 0 Å². The van der Waals surface area contributed by atoms with Gasteiger partial charge in [-0.15, -0.1) is 0 Å². The van der Waals surface area contributed by atoms with E-state index in [-0.39, 0.29) is 7.43 Å². The van der Waals surface area contributed by atoms with Gasteiger partial charge >= 0.3 is 0 Å². The third-order valence-corrected chi connectivity index (χ3v) is 1.80. The molecule has 3 heteroatoms. The van der Waals surface area contributed by atoms with Gasteiger partial charge in [-0.05, 0) is 19.4 Å². The predicted octanol–water partition coefficient (Wildman–Crippen LogP) is 1.62. The van der Waals surface area contributed by atoms with Crippen LogP contribution < -0.4 is 5.73 Å². The largest absolute Gasteiger partial charge is 0.343 e. The van der Waals surface area contributed by atoms with Crippen LogP contribution in [0.3, 0.4) is 0 Å². The van der Waals surface area contributed by atoms with E-state index in [0.717, 1.165) is 32.4 Å². The zero-order valence-electron chi connectivity index (χ0n) is 8.18. The van der Waals surface area contributed by atoms with Gasteiger partial charge in [0.1, 0.15) is 0 Å². The van der Waals surface area contributed by atoms with E-state index in [2.05, 4.69) is 0 Å². The average molecular weight is 188 g/mol. The van der Waals surface area contributed by atoms with Crippen LogP contribution >= 0.6 is 0 Å². The first-order valence-corrected chi connectivity index (χ1v) is 4.82. The second-order valence-corrected chi connectivity index (χ2v) is 2.63. The third-order valence-electron chi connectivity index (χ3n) is 1.80. The minimum Gasteiger partial charge on any atom is -0.343 e. The summed E-state index contributed by atoms with van der Waals surface area (Å²) in [6.07, 6.45) is 2.71. The molecule has 80 valence electrons. The van der Waals surface area contributed by atoms with Crippen LogP contribution in [0.25, 0.3) is 0 Å². The molecule has 2 N–H and O–H groups in total. The molecule has 0 unspecified atom stereocenters. The lowest BCUT2D eigenvalue weighted by Gasteiger charge is -2.13. The molecule has 0 bridgehead atoms. The highest BCUT2D eigenvalue weighted by Crippen LogP contribution is 2.08. The summed E-state index contributed by atoms with van der Waals surface area (Å²) in [4.78, 5) is 12.9. The molecule has 3 nitrogen and oxygen atoms in total. The lowest BCUT2D eigenvalue weighted by molar-refractivity contribution is -0.127. The van der Waals surface area contributed by atoms with E-state index in [0.29, 0.717) is 12.5 Å². The normalized spacial score (nSPS) is 14.7. The minimum atomic E-state index is 0. The van der Waals surface area contributed by atoms with Gasteiger partial charge in [-0.25, -0.2) is 0 Å². The van der Waals surface area contributed by atoms with Crippen LogP contribution in [-0.4, -0.2) is 30.4 Å². The maximum atomic E-state index is 11.0. The lowest BCUT2D eigenvalue weighted by Crippen LogP contribution is -2.27. The number of amides is 1. The lowest BCUT2D eigenvalue weighted by atomic mass is 10.4. The van der Waals surface area contributed by atoms with Gasteiger partial charge in [0.2, 0.25) is 5.91 Å². The Hall–Kier alpha value is -0.570. The number of likely N-dealkylation sites (tertiary alicyclic amines) is 1. The zero-order chi connectivity index (χ0) is 9.40. The van der Waals surface area contributed by atoms with Crippen LogP contribution in [0.5, 0.6) is 0 Å². The fraction of sp³-hybridized carbons (Fsp3) is 0.900. The molecule has 0 atom stereocenters. The van der Waals surface area contributed by atoms with Crippen molar-refractivity contribution in [1.82, 2.24) is 4.90 Å². The van der Waals surface area contributed by atoms with E-state index in [1.54, 1.807) is 0 Å². The maximum absolute atomic E-state index is 11.0. The Morgan fingerprint density at radius 1 is 1.46 bits per heavy atom. The number of nitrogens with two attached hydrogens (primary N) is 1. The van der Waals surface area contributed by atoms with Crippen molar-refractivity contribution in [2.75, 3.05) is 19.6 Å². The van der Waals surface area contributed by atoms with Crippen molar-refractivity contribution in [2.24, 2.45) is 5.73 Å². The predicted molar refractivity (Wildman–Crippen MR) is 57.6 cm³/mol. The van der Waals surface area contributed by atoms with Gasteiger partial charge in [0, 0.05) is 19.5 Å². The Labute approximate surface area is 82.3 Å². The maximum Gasteiger partial charge on any atom is 0.222 e. The number of carbonyl (C=O) groups excluding carboxylic acids is 1. The highest BCUT2D eigenvalue weighted by atomic mass is 16.2. The van der Waals surface area contributed by atoms with E-state index >= 15 is 0 Å². The van der Waals surface area contributed by atoms with Gasteiger partial charge in [0.05, 0.1) is 0 Å². The Kier molecular flexibility index (Phi) is 10.9. The van der Waals surface area contributed by atoms with E-state index in [4.69, 9.17) is 5.73 Å². The molecule has 1 aliphatic rings. The molecule has 1 fully saturated rings. The van der Waals surface area contributed by atoms with E-state index in [1.807, 2.05) is 18.7 Å². The van der Waals surface area contributed by atoms with E-state index < -0.39 is 0 Å². The van der Waals surface area contributed by atoms with Crippen molar-refractivity contribution in [3.8, 4) is 0 Å². The molecule has 1 rings (SSSR count). The summed E-state index contributed by atoms with van der Waals surface area (Å²) in [6, 6.07) is 0. The Morgan fingerprint density at radius 3 is 2.46 bits per heavy atom. The molecule has 1 amide bonds. The van der Waals surface area contributed by atoms with Crippen LogP contribution in [-0.2, 0) is 4.79 Å². The highest BCUT2D eigenvalue weighted by molar-refractivity contribution is 5.77. The molecule has 0 aromatic rings. The number of carbonyl (C=O) groups is 1. The number of nitrogens with zero attached hydrogens (tertiary/aromatic N) is 1. The second-order valence-electron chi connectivity index (χ2n) is 2.63. The van der Waals surface area contributed by atoms with Gasteiger partial charge in [-0.1, -0.05) is 21.3 Å². The molecule has 0 spiro atoms. The third kappa shape index (κ3) is 5.64. The van der Waals surface area contributed by atoms with Crippen LogP contribution in [0, 0.1) is 0 Å². The average Bonchev–Trinajstić information content (AvgIpc) is 2.51. The van der Waals surface area contributed by atoms with Crippen LogP contribution in [0.1, 0.15) is 40.5 Å². The molecule has 0 radical (unpaired) electrons. The van der Waals surface area contributed by atoms with Gasteiger partial charge in [0.25, 0.3) is 0 Å². The van der Waals surface area contributed by atoms with Crippen molar-refractivity contribution < 1.29 is 4.79 Å². The smallest absolute Gasteiger partial charge is 0.222 e. The SMILES string of the molecule is C.CC.NCCCN1CCCC1=O. The molecular weight excluding hydrogens is 164 g/mol. The fourth-order valence-corrected chi connectivity index (χ4v) is 1.22. The summed E-state index contributed by atoms with van der Waals surface area (Å²) in [5.41, 5.74) is 5.31. The molecule has 0 aromatic carbocycles. The van der Waals surface area contributed by atoms with E-state index in [1.165, 1.54) is 0 Å². The van der Waals surface area contributed by atoms with Gasteiger partial charge in [-0.2, -0.15) is 0 Å². The van der Waals surface area contributed by atoms with Crippen LogP contribution in [0.15, 0.2) is 0 Å². The second kappa shape index (κ2) is 9.52. The first-order chi connectivity index (χ1) is 5.84.